The second kappa shape index (κ2) is 3.90. The van der Waals surface area contributed by atoms with E-state index in [2.05, 4.69) is 0 Å². The number of hydrogen-bond donors (Lipinski definition) is 0. The number of rotatable bonds is 2. The van der Waals surface area contributed by atoms with E-state index in [4.69, 9.17) is 0 Å². The molecule has 0 saturated heterocycles. The lowest BCUT2D eigenvalue weighted by Crippen LogP contribution is -2.11. The van der Waals surface area contributed by atoms with E-state index in [1.807, 2.05) is 37.3 Å². The van der Waals surface area contributed by atoms with E-state index in [1.54, 1.807) is 0 Å². The fourth-order valence-corrected chi connectivity index (χ4v) is 1.24. The Bertz CT molecular complexity index is 273. The largest absolute Gasteiger partial charge is 0.624 e. The fraction of sp³-hybridized carbons (Fsp3) is 0.300. The highest BCUT2D eigenvalue weighted by atomic mass is 16.5. The smallest absolute Gasteiger partial charge is 0.193 e. The molecule has 0 heterocycles. The molecule has 0 radical (unpaired) electrons. The molecule has 64 valence electrons. The lowest BCUT2D eigenvalue weighted by atomic mass is 10.1. The zero-order valence-corrected chi connectivity index (χ0v) is 7.45. The molecule has 2 heteroatoms. The monoisotopic (exact) mass is 163 g/mol. The Hall–Kier alpha value is -1.31. The summed E-state index contributed by atoms with van der Waals surface area (Å²) >= 11 is 0. The van der Waals surface area contributed by atoms with Crippen molar-refractivity contribution in [3.8, 4) is 0 Å². The van der Waals surface area contributed by atoms with Gasteiger partial charge in [-0.3, -0.25) is 0 Å². The summed E-state index contributed by atoms with van der Waals surface area (Å²) in [5.41, 5.74) is 1.84. The van der Waals surface area contributed by atoms with E-state index >= 15 is 0 Å². The maximum absolute atomic E-state index is 11.1. The van der Waals surface area contributed by atoms with Crippen molar-refractivity contribution in [1.82, 2.24) is 0 Å². The maximum Gasteiger partial charge on any atom is 0.193 e. The Balaban J connectivity index is 3.05. The highest BCUT2D eigenvalue weighted by Crippen LogP contribution is 2.02. The van der Waals surface area contributed by atoms with Crippen LogP contribution in [0.25, 0.3) is 0 Å². The zero-order chi connectivity index (χ0) is 8.97. The van der Waals surface area contributed by atoms with Crippen LogP contribution in [0, 0.1) is 5.21 Å². The second-order valence-electron chi connectivity index (χ2n) is 2.66. The first-order valence-electron chi connectivity index (χ1n) is 4.07. The zero-order valence-electron chi connectivity index (χ0n) is 7.45. The molecule has 1 rings (SSSR count). The summed E-state index contributed by atoms with van der Waals surface area (Å²) in [5, 5.41) is 11.1. The first-order valence-corrected chi connectivity index (χ1v) is 4.07. The average Bonchev–Trinajstić information content (AvgIpc) is 2.07. The SMILES string of the molecule is CC/C(c1ccccc1)=[N+](/C)[O-]. The van der Waals surface area contributed by atoms with Gasteiger partial charge in [-0.05, 0) is 12.1 Å². The molecule has 2 nitrogen and oxygen atoms in total. The number of hydrogen-bond acceptors (Lipinski definition) is 1. The van der Waals surface area contributed by atoms with E-state index in [1.165, 1.54) is 7.05 Å². The predicted octanol–water partition coefficient (Wildman–Crippen LogP) is 2.03. The molecule has 0 aliphatic rings. The van der Waals surface area contributed by atoms with Crippen molar-refractivity contribution >= 4 is 5.71 Å². The molecule has 0 unspecified atom stereocenters. The van der Waals surface area contributed by atoms with Gasteiger partial charge in [0.15, 0.2) is 5.71 Å². The number of nitrogens with zero attached hydrogens (tertiary/aromatic N) is 1. The van der Waals surface area contributed by atoms with Crippen LogP contribution in [0.1, 0.15) is 18.9 Å². The molecular formula is C10H13NO. The Morgan fingerprint density at radius 3 is 2.33 bits per heavy atom. The van der Waals surface area contributed by atoms with E-state index in [-0.39, 0.29) is 0 Å². The fourth-order valence-electron chi connectivity index (χ4n) is 1.24. The molecule has 0 aliphatic heterocycles. The second-order valence-corrected chi connectivity index (χ2v) is 2.66. The minimum absolute atomic E-state index is 0.768. The minimum Gasteiger partial charge on any atom is -0.624 e. The van der Waals surface area contributed by atoms with Gasteiger partial charge in [0.1, 0.15) is 7.05 Å². The van der Waals surface area contributed by atoms with Crippen molar-refractivity contribution in [2.24, 2.45) is 0 Å². The van der Waals surface area contributed by atoms with Gasteiger partial charge in [-0.1, -0.05) is 25.1 Å². The summed E-state index contributed by atoms with van der Waals surface area (Å²) in [5.74, 6) is 0. The molecule has 0 bridgehead atoms. The van der Waals surface area contributed by atoms with Crippen LogP contribution in [0.2, 0.25) is 0 Å². The van der Waals surface area contributed by atoms with Gasteiger partial charge in [-0.2, -0.15) is 0 Å². The van der Waals surface area contributed by atoms with E-state index < -0.39 is 0 Å². The topological polar surface area (TPSA) is 26.1 Å². The van der Waals surface area contributed by atoms with Crippen LogP contribution in [0.15, 0.2) is 30.3 Å². The summed E-state index contributed by atoms with van der Waals surface area (Å²) in [4.78, 5) is 0. The van der Waals surface area contributed by atoms with Crippen LogP contribution in [0.5, 0.6) is 0 Å². The van der Waals surface area contributed by atoms with Crippen molar-refractivity contribution in [1.29, 1.82) is 0 Å². The Morgan fingerprint density at radius 2 is 1.92 bits per heavy atom. The number of hydroxylamine groups is 1. The van der Waals surface area contributed by atoms with Crippen molar-refractivity contribution in [2.75, 3.05) is 7.05 Å². The van der Waals surface area contributed by atoms with Gasteiger partial charge in [-0.15, -0.1) is 0 Å². The number of benzene rings is 1. The molecule has 0 N–H and O–H groups in total. The highest BCUT2D eigenvalue weighted by Gasteiger charge is 2.05. The van der Waals surface area contributed by atoms with Crippen LogP contribution in [-0.2, 0) is 0 Å². The molecule has 0 aliphatic carbocycles. The highest BCUT2D eigenvalue weighted by molar-refractivity contribution is 5.96. The Morgan fingerprint density at radius 1 is 1.33 bits per heavy atom. The first-order chi connectivity index (χ1) is 5.75. The lowest BCUT2D eigenvalue weighted by Gasteiger charge is -2.04. The van der Waals surface area contributed by atoms with Gasteiger partial charge in [-0.25, -0.2) is 4.74 Å². The van der Waals surface area contributed by atoms with Gasteiger partial charge in [0.25, 0.3) is 0 Å². The summed E-state index contributed by atoms with van der Waals surface area (Å²) in [6.45, 7) is 1.98. The van der Waals surface area contributed by atoms with E-state index in [0.29, 0.717) is 0 Å². The van der Waals surface area contributed by atoms with Gasteiger partial charge in [0.05, 0.1) is 0 Å². The van der Waals surface area contributed by atoms with E-state index in [0.717, 1.165) is 22.4 Å². The van der Waals surface area contributed by atoms with Crippen molar-refractivity contribution in [2.45, 2.75) is 13.3 Å². The average molecular weight is 163 g/mol. The van der Waals surface area contributed by atoms with Gasteiger partial charge < -0.3 is 5.21 Å². The standard InChI is InChI=1S/C10H13NO/c1-3-10(11(2)12)9-7-5-4-6-8-9/h4-8H,3H2,1-2H3/b11-10+. The molecule has 1 aromatic rings. The van der Waals surface area contributed by atoms with Crippen molar-refractivity contribution in [3.63, 3.8) is 0 Å². The maximum atomic E-state index is 11.1. The third kappa shape index (κ3) is 1.84. The summed E-state index contributed by atoms with van der Waals surface area (Å²) < 4.78 is 0.926. The quantitative estimate of drug-likeness (QED) is 0.283. The van der Waals surface area contributed by atoms with Crippen LogP contribution in [0.3, 0.4) is 0 Å². The summed E-state index contributed by atoms with van der Waals surface area (Å²) in [6.07, 6.45) is 0.768. The first kappa shape index (κ1) is 8.78. The predicted molar refractivity (Wildman–Crippen MR) is 50.4 cm³/mol. The van der Waals surface area contributed by atoms with Crippen LogP contribution in [-0.4, -0.2) is 17.5 Å². The molecule has 12 heavy (non-hydrogen) atoms. The molecule has 0 amide bonds. The molecule has 0 atom stereocenters. The Kier molecular flexibility index (Phi) is 2.86. The summed E-state index contributed by atoms with van der Waals surface area (Å²) in [7, 11) is 1.53. The van der Waals surface area contributed by atoms with Gasteiger partial charge >= 0.3 is 0 Å². The minimum atomic E-state index is 0.768. The molecular weight excluding hydrogens is 150 g/mol. The molecule has 0 saturated carbocycles. The Labute approximate surface area is 72.7 Å². The van der Waals surface area contributed by atoms with E-state index in [9.17, 15) is 5.21 Å². The third-order valence-corrected chi connectivity index (χ3v) is 1.82. The summed E-state index contributed by atoms with van der Waals surface area (Å²) in [6, 6.07) is 9.73. The van der Waals surface area contributed by atoms with Crippen molar-refractivity contribution in [3.05, 3.63) is 41.1 Å². The van der Waals surface area contributed by atoms with Crippen LogP contribution >= 0.6 is 0 Å². The van der Waals surface area contributed by atoms with Crippen molar-refractivity contribution < 1.29 is 4.74 Å². The molecule has 1 aromatic carbocycles. The molecule has 0 spiro atoms. The molecule has 0 fully saturated rings. The normalized spacial score (nSPS) is 12.5. The van der Waals surface area contributed by atoms with Gasteiger partial charge in [0.2, 0.25) is 0 Å². The third-order valence-electron chi connectivity index (χ3n) is 1.82. The lowest BCUT2D eigenvalue weighted by molar-refractivity contribution is -0.423. The van der Waals surface area contributed by atoms with Crippen LogP contribution < -0.4 is 0 Å². The van der Waals surface area contributed by atoms with Gasteiger partial charge in [0, 0.05) is 12.0 Å². The van der Waals surface area contributed by atoms with Crippen LogP contribution in [0.4, 0.5) is 0 Å². The molecule has 0 aromatic heterocycles.